The molecule has 0 radical (unpaired) electrons. The van der Waals surface area contributed by atoms with Gasteiger partial charge < -0.3 is 4.90 Å². The SMILES string of the molecule is CN(C)Cc1ccc(CN2c3ccccc3N(c3ccccc3F)S2(=O)=O)cc1. The molecular formula is C22H22FN3O2S. The van der Waals surface area contributed by atoms with Crippen LogP contribution >= 0.6 is 0 Å². The van der Waals surface area contributed by atoms with E-state index in [2.05, 4.69) is 4.90 Å². The molecule has 0 amide bonds. The van der Waals surface area contributed by atoms with Gasteiger partial charge in [-0.15, -0.1) is 0 Å². The molecule has 0 N–H and O–H groups in total. The molecule has 3 aromatic carbocycles. The van der Waals surface area contributed by atoms with Crippen molar-refractivity contribution in [1.29, 1.82) is 0 Å². The van der Waals surface area contributed by atoms with Gasteiger partial charge in [-0.25, -0.2) is 13.0 Å². The number of nitrogens with zero attached hydrogens (tertiary/aromatic N) is 3. The Morgan fingerprint density at radius 1 is 0.793 bits per heavy atom. The Hall–Kier alpha value is -2.90. The summed E-state index contributed by atoms with van der Waals surface area (Å²) in [5, 5.41) is 0. The number of hydrogen-bond donors (Lipinski definition) is 0. The van der Waals surface area contributed by atoms with E-state index in [0.29, 0.717) is 11.4 Å². The van der Waals surface area contributed by atoms with E-state index in [1.165, 1.54) is 16.4 Å². The lowest BCUT2D eigenvalue weighted by Gasteiger charge is -2.22. The number of halogens is 1. The molecule has 0 saturated carbocycles. The molecule has 0 unspecified atom stereocenters. The summed E-state index contributed by atoms with van der Waals surface area (Å²) in [6.07, 6.45) is 0. The van der Waals surface area contributed by atoms with Crippen molar-refractivity contribution in [1.82, 2.24) is 4.90 Å². The zero-order valence-electron chi connectivity index (χ0n) is 16.3. The van der Waals surface area contributed by atoms with Gasteiger partial charge in [0.2, 0.25) is 0 Å². The molecule has 3 aromatic rings. The van der Waals surface area contributed by atoms with Gasteiger partial charge in [-0.05, 0) is 49.5 Å². The van der Waals surface area contributed by atoms with Crippen molar-refractivity contribution in [2.45, 2.75) is 13.1 Å². The van der Waals surface area contributed by atoms with Crippen molar-refractivity contribution in [3.8, 4) is 0 Å². The minimum absolute atomic E-state index is 0.0174. The lowest BCUT2D eigenvalue weighted by molar-refractivity contribution is 0.402. The van der Waals surface area contributed by atoms with E-state index in [4.69, 9.17) is 0 Å². The average molecular weight is 412 g/mol. The van der Waals surface area contributed by atoms with Gasteiger partial charge in [-0.1, -0.05) is 48.5 Å². The van der Waals surface area contributed by atoms with Crippen molar-refractivity contribution in [2.24, 2.45) is 0 Å². The molecule has 0 saturated heterocycles. The molecule has 0 spiro atoms. The van der Waals surface area contributed by atoms with Crippen LogP contribution in [-0.2, 0) is 23.3 Å². The van der Waals surface area contributed by atoms with Crippen molar-refractivity contribution >= 4 is 27.3 Å². The van der Waals surface area contributed by atoms with Crippen LogP contribution < -0.4 is 8.61 Å². The fourth-order valence-electron chi connectivity index (χ4n) is 3.51. The van der Waals surface area contributed by atoms with Gasteiger partial charge in [-0.3, -0.25) is 0 Å². The quantitative estimate of drug-likeness (QED) is 0.629. The number of fused-ring (bicyclic) bond motifs is 1. The van der Waals surface area contributed by atoms with Crippen LogP contribution in [0.3, 0.4) is 0 Å². The summed E-state index contributed by atoms with van der Waals surface area (Å²) in [7, 11) is 0.0265. The van der Waals surface area contributed by atoms with Gasteiger partial charge in [0.15, 0.2) is 0 Å². The first-order valence-corrected chi connectivity index (χ1v) is 10.7. The van der Waals surface area contributed by atoms with Gasteiger partial charge in [0.25, 0.3) is 0 Å². The van der Waals surface area contributed by atoms with Gasteiger partial charge >= 0.3 is 10.2 Å². The summed E-state index contributed by atoms with van der Waals surface area (Å²) < 4.78 is 43.7. The first kappa shape index (κ1) is 19.4. The smallest absolute Gasteiger partial charge is 0.305 e. The minimum Gasteiger partial charge on any atom is -0.305 e. The van der Waals surface area contributed by atoms with Gasteiger partial charge in [-0.2, -0.15) is 8.42 Å². The first-order chi connectivity index (χ1) is 13.9. The second-order valence-electron chi connectivity index (χ2n) is 7.27. The average Bonchev–Trinajstić information content (AvgIpc) is 2.90. The highest BCUT2D eigenvalue weighted by atomic mass is 32.2. The fourth-order valence-corrected chi connectivity index (χ4v) is 5.22. The summed E-state index contributed by atoms with van der Waals surface area (Å²) in [6, 6.07) is 20.7. The lowest BCUT2D eigenvalue weighted by Crippen LogP contribution is -2.35. The predicted octanol–water partition coefficient (Wildman–Crippen LogP) is 4.29. The van der Waals surface area contributed by atoms with Crippen LogP contribution in [0.25, 0.3) is 0 Å². The van der Waals surface area contributed by atoms with Crippen LogP contribution in [0.2, 0.25) is 0 Å². The number of benzene rings is 3. The van der Waals surface area contributed by atoms with Gasteiger partial charge in [0, 0.05) is 6.54 Å². The number of hydrogen-bond acceptors (Lipinski definition) is 3. The second kappa shape index (κ2) is 7.50. The van der Waals surface area contributed by atoms with E-state index in [1.54, 1.807) is 36.4 Å². The molecule has 1 aliphatic heterocycles. The maximum Gasteiger partial charge on any atom is 0.331 e. The van der Waals surface area contributed by atoms with E-state index in [9.17, 15) is 12.8 Å². The molecule has 5 nitrogen and oxygen atoms in total. The van der Waals surface area contributed by atoms with E-state index in [-0.39, 0.29) is 12.2 Å². The molecule has 1 heterocycles. The Morgan fingerprint density at radius 3 is 1.97 bits per heavy atom. The number of para-hydroxylation sites is 3. The van der Waals surface area contributed by atoms with E-state index in [1.807, 2.05) is 38.4 Å². The van der Waals surface area contributed by atoms with Crippen molar-refractivity contribution in [2.75, 3.05) is 22.7 Å². The van der Waals surface area contributed by atoms with E-state index >= 15 is 0 Å². The molecule has 4 rings (SSSR count). The highest BCUT2D eigenvalue weighted by Crippen LogP contribution is 2.46. The third-order valence-corrected chi connectivity index (χ3v) is 6.54. The van der Waals surface area contributed by atoms with E-state index < -0.39 is 16.0 Å². The van der Waals surface area contributed by atoms with Gasteiger partial charge in [0.05, 0.1) is 23.6 Å². The first-order valence-electron chi connectivity index (χ1n) is 9.27. The van der Waals surface area contributed by atoms with Gasteiger partial charge in [0.1, 0.15) is 5.82 Å². The summed E-state index contributed by atoms with van der Waals surface area (Å²) >= 11 is 0. The third kappa shape index (κ3) is 3.59. The largest absolute Gasteiger partial charge is 0.331 e. The van der Waals surface area contributed by atoms with Crippen LogP contribution in [0.1, 0.15) is 11.1 Å². The Bertz CT molecular complexity index is 1130. The Labute approximate surface area is 170 Å². The minimum atomic E-state index is -3.97. The molecular weight excluding hydrogens is 389 g/mol. The highest BCUT2D eigenvalue weighted by Gasteiger charge is 2.42. The summed E-state index contributed by atoms with van der Waals surface area (Å²) in [4.78, 5) is 2.07. The molecule has 0 fully saturated rings. The zero-order valence-corrected chi connectivity index (χ0v) is 17.1. The molecule has 7 heteroatoms. The Kier molecular flexibility index (Phi) is 5.02. The molecule has 29 heavy (non-hydrogen) atoms. The topological polar surface area (TPSA) is 43.9 Å². The second-order valence-corrected chi connectivity index (χ2v) is 8.97. The number of rotatable bonds is 5. The fraction of sp³-hybridized carbons (Fsp3) is 0.182. The maximum absolute atomic E-state index is 14.5. The zero-order chi connectivity index (χ0) is 20.6. The molecule has 0 aliphatic carbocycles. The molecule has 150 valence electrons. The van der Waals surface area contributed by atoms with Crippen molar-refractivity contribution < 1.29 is 12.8 Å². The lowest BCUT2D eigenvalue weighted by atomic mass is 10.1. The third-order valence-electron chi connectivity index (χ3n) is 4.80. The number of anilines is 3. The standard InChI is InChI=1S/C22H22FN3O2S/c1-24(2)15-17-11-13-18(14-12-17)16-25-21-9-5-6-10-22(21)26(29(25,27)28)20-8-4-3-7-19(20)23/h3-14H,15-16H2,1-2H3. The maximum atomic E-state index is 14.5. The molecule has 1 aliphatic rings. The van der Waals surface area contributed by atoms with Crippen LogP contribution in [0.15, 0.2) is 72.8 Å². The van der Waals surface area contributed by atoms with E-state index in [0.717, 1.165) is 22.0 Å². The summed E-state index contributed by atoms with van der Waals surface area (Å²) in [5.41, 5.74) is 3.01. The molecule has 0 bridgehead atoms. The molecule has 0 aromatic heterocycles. The Balaban J connectivity index is 1.72. The Morgan fingerprint density at radius 2 is 1.34 bits per heavy atom. The van der Waals surface area contributed by atoms with Crippen molar-refractivity contribution in [3.05, 3.63) is 89.7 Å². The van der Waals surface area contributed by atoms with Crippen LogP contribution in [0.5, 0.6) is 0 Å². The van der Waals surface area contributed by atoms with Crippen LogP contribution in [-0.4, -0.2) is 27.4 Å². The monoisotopic (exact) mass is 411 g/mol. The van der Waals surface area contributed by atoms with Crippen LogP contribution in [0.4, 0.5) is 21.5 Å². The normalized spacial score (nSPS) is 15.0. The molecule has 0 atom stereocenters. The van der Waals surface area contributed by atoms with Crippen LogP contribution in [0, 0.1) is 5.82 Å². The predicted molar refractivity (Wildman–Crippen MR) is 114 cm³/mol. The summed E-state index contributed by atoms with van der Waals surface area (Å²) in [5.74, 6) is -0.583. The highest BCUT2D eigenvalue weighted by molar-refractivity contribution is 7.95. The summed E-state index contributed by atoms with van der Waals surface area (Å²) in [6.45, 7) is 0.985. The van der Waals surface area contributed by atoms with Crippen molar-refractivity contribution in [3.63, 3.8) is 0 Å².